The van der Waals surface area contributed by atoms with Crippen molar-refractivity contribution < 1.29 is 4.42 Å². The zero-order chi connectivity index (χ0) is 40.6. The van der Waals surface area contributed by atoms with Gasteiger partial charge in [0.05, 0.1) is 0 Å². The number of hydrogen-bond donors (Lipinski definition) is 0. The van der Waals surface area contributed by atoms with Crippen LogP contribution < -0.4 is 27.3 Å². The largest absolute Gasteiger partial charge is 0.456 e. The molecule has 11 rings (SSSR count). The molecule has 11 aromatic rings. The van der Waals surface area contributed by atoms with Crippen LogP contribution in [-0.4, -0.2) is 54.2 Å². The molecule has 0 unspecified atom stereocenters. The molecule has 0 aliphatic carbocycles. The first-order valence-corrected chi connectivity index (χ1v) is 20.6. The number of rotatable bonds is 5. The average Bonchev–Trinajstić information content (AvgIpc) is 3.70. The molecule has 0 N–H and O–H groups in total. The topological polar surface area (TPSA) is 51.8 Å². The molecule has 2 aromatic heterocycles. The standard InChI is InChI=1S/C51H36B5N3O/c52-44-41(45(53)47(55)48(56)46(44)54)29-13-8-14-30(25-29)50-57-49(27-11-2-1-3-12-27)58-51(59-50)37-20-10-22-40-43(37)42-31(19-9-21-39(42)60-40)28-23-24-36-34-17-5-4-15-32(34)33-16-6-7-18-35(33)38(36)26-28/h1-26H,52-56H2. The van der Waals surface area contributed by atoms with E-state index in [1.807, 2.05) is 30.3 Å². The average molecular weight is 761 g/mol. The predicted octanol–water partition coefficient (Wildman–Crippen LogP) is 4.86. The monoisotopic (exact) mass is 761 g/mol. The fourth-order valence-corrected chi connectivity index (χ4v) is 9.46. The lowest BCUT2D eigenvalue weighted by atomic mass is 9.59. The number of aromatic nitrogens is 3. The molecule has 60 heavy (non-hydrogen) atoms. The minimum atomic E-state index is 0.595. The number of hydrogen-bond acceptors (Lipinski definition) is 4. The normalized spacial score (nSPS) is 11.7. The lowest BCUT2D eigenvalue weighted by molar-refractivity contribution is 0.669. The van der Waals surface area contributed by atoms with E-state index >= 15 is 0 Å². The molecule has 0 saturated heterocycles. The van der Waals surface area contributed by atoms with Gasteiger partial charge in [0.25, 0.3) is 0 Å². The third-order valence-electron chi connectivity index (χ3n) is 12.9. The summed E-state index contributed by atoms with van der Waals surface area (Å²) in [5.41, 5.74) is 15.6. The number of fused-ring (bicyclic) bond motifs is 9. The van der Waals surface area contributed by atoms with Crippen LogP contribution in [0.5, 0.6) is 0 Å². The van der Waals surface area contributed by atoms with Crippen LogP contribution in [0.15, 0.2) is 162 Å². The summed E-state index contributed by atoms with van der Waals surface area (Å²) in [6.45, 7) is 0. The third kappa shape index (κ3) is 5.64. The van der Waals surface area contributed by atoms with Gasteiger partial charge in [-0.3, -0.25) is 0 Å². The molecule has 0 amide bonds. The Bertz CT molecular complexity index is 3500. The smallest absolute Gasteiger partial charge is 0.164 e. The molecule has 0 saturated carbocycles. The number of furan rings is 1. The van der Waals surface area contributed by atoms with Crippen molar-refractivity contribution in [2.24, 2.45) is 0 Å². The number of benzene rings is 9. The summed E-state index contributed by atoms with van der Waals surface area (Å²) in [6, 6.07) is 55.7. The van der Waals surface area contributed by atoms with Gasteiger partial charge >= 0.3 is 0 Å². The second kappa shape index (κ2) is 14.0. The van der Waals surface area contributed by atoms with Crippen LogP contribution in [0.3, 0.4) is 0 Å². The van der Waals surface area contributed by atoms with Crippen molar-refractivity contribution in [1.82, 2.24) is 15.0 Å². The molecule has 0 atom stereocenters. The van der Waals surface area contributed by atoms with Crippen LogP contribution in [-0.2, 0) is 0 Å². The maximum Gasteiger partial charge on any atom is 0.164 e. The summed E-state index contributed by atoms with van der Waals surface area (Å²) >= 11 is 0. The van der Waals surface area contributed by atoms with Gasteiger partial charge in [-0.15, -0.1) is 16.4 Å². The van der Waals surface area contributed by atoms with Gasteiger partial charge in [0.2, 0.25) is 0 Å². The third-order valence-corrected chi connectivity index (χ3v) is 12.9. The highest BCUT2D eigenvalue weighted by Crippen LogP contribution is 2.43. The molecule has 2 heterocycles. The van der Waals surface area contributed by atoms with Crippen molar-refractivity contribution >= 4 is 121 Å². The highest BCUT2D eigenvalue weighted by atomic mass is 16.3. The Kier molecular flexibility index (Phi) is 8.42. The first-order valence-electron chi connectivity index (χ1n) is 20.6. The first kappa shape index (κ1) is 36.0. The van der Waals surface area contributed by atoms with Crippen molar-refractivity contribution in [2.45, 2.75) is 0 Å². The van der Waals surface area contributed by atoms with E-state index in [2.05, 4.69) is 167 Å². The van der Waals surface area contributed by atoms with Crippen LogP contribution in [0.1, 0.15) is 0 Å². The van der Waals surface area contributed by atoms with E-state index in [-0.39, 0.29) is 0 Å². The molecule has 0 radical (unpaired) electrons. The zero-order valence-corrected chi connectivity index (χ0v) is 34.3. The van der Waals surface area contributed by atoms with Crippen molar-refractivity contribution in [3.63, 3.8) is 0 Å². The Balaban J connectivity index is 1.14. The Hall–Kier alpha value is -7.11. The van der Waals surface area contributed by atoms with E-state index in [0.717, 1.165) is 55.3 Å². The van der Waals surface area contributed by atoms with Gasteiger partial charge in [0.1, 0.15) is 50.4 Å². The highest BCUT2D eigenvalue weighted by Gasteiger charge is 2.21. The lowest BCUT2D eigenvalue weighted by Gasteiger charge is -2.20. The quantitative estimate of drug-likeness (QED) is 0.186. The molecule has 0 spiro atoms. The molecule has 276 valence electrons. The maximum absolute atomic E-state index is 6.67. The summed E-state index contributed by atoms with van der Waals surface area (Å²) in [7, 11) is 11.1. The molecule has 4 nitrogen and oxygen atoms in total. The minimum Gasteiger partial charge on any atom is -0.456 e. The Morgan fingerprint density at radius 1 is 0.317 bits per heavy atom. The number of nitrogens with zero attached hydrogens (tertiary/aromatic N) is 3. The van der Waals surface area contributed by atoms with Crippen LogP contribution in [0.4, 0.5) is 0 Å². The Labute approximate surface area is 352 Å². The highest BCUT2D eigenvalue weighted by molar-refractivity contribution is 6.68. The van der Waals surface area contributed by atoms with Crippen LogP contribution >= 0.6 is 0 Å². The summed E-state index contributed by atoms with van der Waals surface area (Å²) in [5, 5.41) is 9.51. The van der Waals surface area contributed by atoms with E-state index < -0.39 is 0 Å². The molecule has 9 aromatic carbocycles. The molecule has 0 bridgehead atoms. The van der Waals surface area contributed by atoms with E-state index in [1.165, 1.54) is 65.2 Å². The van der Waals surface area contributed by atoms with Gasteiger partial charge < -0.3 is 4.42 Å². The minimum absolute atomic E-state index is 0.595. The lowest BCUT2D eigenvalue weighted by Crippen LogP contribution is -2.55. The van der Waals surface area contributed by atoms with Crippen molar-refractivity contribution in [2.75, 3.05) is 0 Å². The van der Waals surface area contributed by atoms with Crippen molar-refractivity contribution in [3.05, 3.63) is 158 Å². The van der Waals surface area contributed by atoms with Gasteiger partial charge in [0.15, 0.2) is 17.5 Å². The van der Waals surface area contributed by atoms with E-state index in [0.29, 0.717) is 17.5 Å². The predicted molar refractivity (Wildman–Crippen MR) is 268 cm³/mol. The van der Waals surface area contributed by atoms with Gasteiger partial charge in [0, 0.05) is 27.5 Å². The molecule has 0 aliphatic heterocycles. The first-order chi connectivity index (χ1) is 29.3. The van der Waals surface area contributed by atoms with Gasteiger partial charge in [-0.2, -0.15) is 0 Å². The van der Waals surface area contributed by atoms with Gasteiger partial charge in [-0.1, -0.05) is 144 Å². The van der Waals surface area contributed by atoms with Gasteiger partial charge in [-0.05, 0) is 78.8 Å². The molecular formula is C51H36B5N3O. The summed E-state index contributed by atoms with van der Waals surface area (Å²) in [4.78, 5) is 15.7. The maximum atomic E-state index is 6.67. The molecular weight excluding hydrogens is 725 g/mol. The summed E-state index contributed by atoms with van der Waals surface area (Å²) in [5.74, 6) is 1.84. The Morgan fingerprint density at radius 3 is 1.43 bits per heavy atom. The molecule has 0 aliphatic rings. The van der Waals surface area contributed by atoms with E-state index in [4.69, 9.17) is 19.4 Å². The van der Waals surface area contributed by atoms with E-state index in [9.17, 15) is 0 Å². The van der Waals surface area contributed by atoms with Crippen LogP contribution in [0, 0.1) is 0 Å². The van der Waals surface area contributed by atoms with Gasteiger partial charge in [-0.25, -0.2) is 15.0 Å². The molecule has 9 heteroatoms. The van der Waals surface area contributed by atoms with Crippen LogP contribution in [0.25, 0.3) is 111 Å². The Morgan fingerprint density at radius 2 is 0.783 bits per heavy atom. The SMILES string of the molecule is Bc1c(B)c(B)c(-c2cccc(-c3nc(-c4ccccc4)nc(-c4cccc5oc6cccc(-c7ccc8c9ccccc9c9ccccc9c8c7)c6c45)n3)c2)c(B)c1B. The fraction of sp³-hybridized carbons (Fsp3) is 0. The summed E-state index contributed by atoms with van der Waals surface area (Å²) in [6.07, 6.45) is 0. The van der Waals surface area contributed by atoms with Crippen molar-refractivity contribution in [3.8, 4) is 56.4 Å². The zero-order valence-electron chi connectivity index (χ0n) is 34.3. The van der Waals surface area contributed by atoms with Crippen LogP contribution in [0.2, 0.25) is 0 Å². The summed E-state index contributed by atoms with van der Waals surface area (Å²) < 4.78 is 6.67. The van der Waals surface area contributed by atoms with Crippen molar-refractivity contribution in [1.29, 1.82) is 0 Å². The second-order valence-corrected chi connectivity index (χ2v) is 16.1. The molecule has 0 fully saturated rings. The fourth-order valence-electron chi connectivity index (χ4n) is 9.46. The van der Waals surface area contributed by atoms with E-state index in [1.54, 1.807) is 0 Å². The second-order valence-electron chi connectivity index (χ2n) is 16.1.